The summed E-state index contributed by atoms with van der Waals surface area (Å²) in [5.74, 6) is 0. The number of rotatable bonds is 2. The van der Waals surface area contributed by atoms with Gasteiger partial charge < -0.3 is 10.4 Å². The zero-order valence-corrected chi connectivity index (χ0v) is 7.48. The Balaban J connectivity index is 2.13. The van der Waals surface area contributed by atoms with Crippen molar-refractivity contribution < 1.29 is 5.11 Å². The SMILES string of the molecule is OCc1cnnn1C1CCCNC1. The molecule has 0 aromatic carbocycles. The monoisotopic (exact) mass is 182 g/mol. The highest BCUT2D eigenvalue weighted by molar-refractivity contribution is 4.94. The van der Waals surface area contributed by atoms with E-state index < -0.39 is 0 Å². The Morgan fingerprint density at radius 2 is 2.62 bits per heavy atom. The molecule has 0 spiro atoms. The van der Waals surface area contributed by atoms with Crippen molar-refractivity contribution in [2.75, 3.05) is 13.1 Å². The normalized spacial score (nSPS) is 23.3. The number of aliphatic hydroxyl groups is 1. The summed E-state index contributed by atoms with van der Waals surface area (Å²) in [6, 6.07) is 0.360. The van der Waals surface area contributed by atoms with Crippen LogP contribution in [0.5, 0.6) is 0 Å². The lowest BCUT2D eigenvalue weighted by Crippen LogP contribution is -2.32. The number of aromatic nitrogens is 3. The van der Waals surface area contributed by atoms with E-state index in [1.54, 1.807) is 6.20 Å². The van der Waals surface area contributed by atoms with Crippen LogP contribution in [-0.2, 0) is 6.61 Å². The molecule has 0 aliphatic carbocycles. The summed E-state index contributed by atoms with van der Waals surface area (Å²) in [7, 11) is 0. The standard InChI is InChI=1S/C8H14N4O/c13-6-8-5-10-11-12(8)7-2-1-3-9-4-7/h5,7,9,13H,1-4,6H2. The molecule has 1 atom stereocenters. The van der Waals surface area contributed by atoms with Crippen LogP contribution < -0.4 is 5.32 Å². The van der Waals surface area contributed by atoms with Crippen LogP contribution in [0.3, 0.4) is 0 Å². The minimum Gasteiger partial charge on any atom is -0.390 e. The van der Waals surface area contributed by atoms with E-state index in [2.05, 4.69) is 15.6 Å². The highest BCUT2D eigenvalue weighted by atomic mass is 16.3. The molecule has 2 heterocycles. The first kappa shape index (κ1) is 8.65. The second kappa shape index (κ2) is 3.85. The second-order valence-electron chi connectivity index (χ2n) is 3.33. The first-order chi connectivity index (χ1) is 6.42. The fourth-order valence-corrected chi connectivity index (χ4v) is 1.73. The molecule has 0 radical (unpaired) electrons. The minimum atomic E-state index is 0.0174. The van der Waals surface area contributed by atoms with Gasteiger partial charge in [-0.15, -0.1) is 5.10 Å². The van der Waals surface area contributed by atoms with Gasteiger partial charge in [-0.3, -0.25) is 0 Å². The summed E-state index contributed by atoms with van der Waals surface area (Å²) in [6.07, 6.45) is 3.90. The zero-order chi connectivity index (χ0) is 9.10. The fraction of sp³-hybridized carbons (Fsp3) is 0.750. The molecule has 0 amide bonds. The van der Waals surface area contributed by atoms with Gasteiger partial charge in [-0.25, -0.2) is 4.68 Å². The van der Waals surface area contributed by atoms with Crippen LogP contribution in [-0.4, -0.2) is 33.2 Å². The number of hydrogen-bond donors (Lipinski definition) is 2. The number of hydrogen-bond acceptors (Lipinski definition) is 4. The average molecular weight is 182 g/mol. The molecule has 2 rings (SSSR count). The highest BCUT2D eigenvalue weighted by Crippen LogP contribution is 2.16. The first-order valence-corrected chi connectivity index (χ1v) is 4.62. The zero-order valence-electron chi connectivity index (χ0n) is 7.48. The Labute approximate surface area is 76.8 Å². The maximum atomic E-state index is 9.02. The maximum absolute atomic E-state index is 9.02. The Morgan fingerprint density at radius 3 is 3.31 bits per heavy atom. The van der Waals surface area contributed by atoms with Gasteiger partial charge in [0.2, 0.25) is 0 Å². The van der Waals surface area contributed by atoms with Crippen molar-refractivity contribution in [3.05, 3.63) is 11.9 Å². The van der Waals surface area contributed by atoms with E-state index in [1.807, 2.05) is 4.68 Å². The van der Waals surface area contributed by atoms with E-state index in [1.165, 1.54) is 0 Å². The van der Waals surface area contributed by atoms with Gasteiger partial charge in [0, 0.05) is 6.54 Å². The van der Waals surface area contributed by atoms with Gasteiger partial charge in [0.15, 0.2) is 0 Å². The molecule has 1 unspecified atom stereocenters. The van der Waals surface area contributed by atoms with Crippen molar-refractivity contribution in [1.29, 1.82) is 0 Å². The van der Waals surface area contributed by atoms with Crippen molar-refractivity contribution in [2.45, 2.75) is 25.5 Å². The third kappa shape index (κ3) is 1.71. The van der Waals surface area contributed by atoms with E-state index in [4.69, 9.17) is 5.11 Å². The van der Waals surface area contributed by atoms with Crippen LogP contribution in [0.15, 0.2) is 6.20 Å². The van der Waals surface area contributed by atoms with Crippen molar-refractivity contribution in [3.8, 4) is 0 Å². The third-order valence-corrected chi connectivity index (χ3v) is 2.43. The van der Waals surface area contributed by atoms with Crippen molar-refractivity contribution >= 4 is 0 Å². The van der Waals surface area contributed by atoms with E-state index in [0.717, 1.165) is 31.6 Å². The molecule has 1 aliphatic rings. The molecule has 2 N–H and O–H groups in total. The van der Waals surface area contributed by atoms with E-state index in [0.29, 0.717) is 6.04 Å². The molecular formula is C8H14N4O. The first-order valence-electron chi connectivity index (χ1n) is 4.62. The minimum absolute atomic E-state index is 0.0174. The van der Waals surface area contributed by atoms with Gasteiger partial charge in [-0.05, 0) is 19.4 Å². The summed E-state index contributed by atoms with van der Waals surface area (Å²) in [4.78, 5) is 0. The smallest absolute Gasteiger partial charge is 0.0866 e. The topological polar surface area (TPSA) is 63.0 Å². The van der Waals surface area contributed by atoms with Crippen molar-refractivity contribution in [3.63, 3.8) is 0 Å². The lowest BCUT2D eigenvalue weighted by Gasteiger charge is -2.23. The van der Waals surface area contributed by atoms with Crippen molar-refractivity contribution in [1.82, 2.24) is 20.3 Å². The van der Waals surface area contributed by atoms with E-state index >= 15 is 0 Å². The van der Waals surface area contributed by atoms with Gasteiger partial charge in [-0.1, -0.05) is 5.21 Å². The van der Waals surface area contributed by atoms with Crippen LogP contribution in [0, 0.1) is 0 Å². The summed E-state index contributed by atoms with van der Waals surface area (Å²) >= 11 is 0. The molecule has 72 valence electrons. The molecule has 1 saturated heterocycles. The van der Waals surface area contributed by atoms with Gasteiger partial charge in [0.05, 0.1) is 24.5 Å². The van der Waals surface area contributed by atoms with Gasteiger partial charge >= 0.3 is 0 Å². The molecule has 1 aliphatic heterocycles. The van der Waals surface area contributed by atoms with Crippen molar-refractivity contribution in [2.24, 2.45) is 0 Å². The predicted molar refractivity (Wildman–Crippen MR) is 47.1 cm³/mol. The van der Waals surface area contributed by atoms with Crippen LogP contribution in [0.4, 0.5) is 0 Å². The maximum Gasteiger partial charge on any atom is 0.0866 e. The number of nitrogens with one attached hydrogen (secondary N) is 1. The van der Waals surface area contributed by atoms with Gasteiger partial charge in [-0.2, -0.15) is 0 Å². The molecule has 1 fully saturated rings. The van der Waals surface area contributed by atoms with Gasteiger partial charge in [0.1, 0.15) is 0 Å². The quantitative estimate of drug-likeness (QED) is 0.659. The van der Waals surface area contributed by atoms with E-state index in [-0.39, 0.29) is 6.61 Å². The third-order valence-electron chi connectivity index (χ3n) is 2.43. The number of aliphatic hydroxyl groups excluding tert-OH is 1. The number of nitrogens with zero attached hydrogens (tertiary/aromatic N) is 3. The van der Waals surface area contributed by atoms with Crippen LogP contribution >= 0.6 is 0 Å². The van der Waals surface area contributed by atoms with Crippen LogP contribution in [0.2, 0.25) is 0 Å². The van der Waals surface area contributed by atoms with Crippen LogP contribution in [0.1, 0.15) is 24.6 Å². The second-order valence-corrected chi connectivity index (χ2v) is 3.33. The molecule has 13 heavy (non-hydrogen) atoms. The summed E-state index contributed by atoms with van der Waals surface area (Å²) < 4.78 is 1.83. The van der Waals surface area contributed by atoms with Crippen LogP contribution in [0.25, 0.3) is 0 Å². The summed E-state index contributed by atoms with van der Waals surface area (Å²) in [6.45, 7) is 2.03. The predicted octanol–water partition coefficient (Wildman–Crippen LogP) is -0.305. The Kier molecular flexibility index (Phi) is 2.56. The molecule has 1 aromatic heterocycles. The number of piperidine rings is 1. The summed E-state index contributed by atoms with van der Waals surface area (Å²) in [5.41, 5.74) is 0.800. The van der Waals surface area contributed by atoms with Gasteiger partial charge in [0.25, 0.3) is 0 Å². The molecule has 0 saturated carbocycles. The molecule has 5 nitrogen and oxygen atoms in total. The fourth-order valence-electron chi connectivity index (χ4n) is 1.73. The average Bonchev–Trinajstić information content (AvgIpc) is 2.67. The molecular weight excluding hydrogens is 168 g/mol. The lowest BCUT2D eigenvalue weighted by molar-refractivity contribution is 0.251. The summed E-state index contributed by atoms with van der Waals surface area (Å²) in [5, 5.41) is 20.1. The molecule has 5 heteroatoms. The highest BCUT2D eigenvalue weighted by Gasteiger charge is 2.17. The Bertz CT molecular complexity index is 267. The lowest BCUT2D eigenvalue weighted by atomic mass is 10.1. The largest absolute Gasteiger partial charge is 0.390 e. The molecule has 1 aromatic rings. The van der Waals surface area contributed by atoms with E-state index in [9.17, 15) is 0 Å². The molecule has 0 bridgehead atoms. The Hall–Kier alpha value is -0.940. The Morgan fingerprint density at radius 1 is 1.69 bits per heavy atom.